The first kappa shape index (κ1) is 20.4. The number of hydrogen-bond acceptors (Lipinski definition) is 9. The van der Waals surface area contributed by atoms with E-state index in [-0.39, 0.29) is 0 Å². The van der Waals surface area contributed by atoms with Crippen LogP contribution in [-0.2, 0) is 6.42 Å². The van der Waals surface area contributed by atoms with Crippen molar-refractivity contribution in [1.82, 2.24) is 30.0 Å². The maximum atomic E-state index is 5.81. The van der Waals surface area contributed by atoms with Crippen molar-refractivity contribution in [2.24, 2.45) is 0 Å². The van der Waals surface area contributed by atoms with Crippen LogP contribution < -0.4 is 16.0 Å². The highest BCUT2D eigenvalue weighted by Crippen LogP contribution is 2.28. The van der Waals surface area contributed by atoms with Crippen molar-refractivity contribution in [3.05, 3.63) is 36.0 Å². The number of benzene rings is 1. The molecule has 1 fully saturated rings. The number of aromatic nitrogens is 5. The smallest absolute Gasteiger partial charge is 0.234 e. The molecule has 0 saturated carbocycles. The summed E-state index contributed by atoms with van der Waals surface area (Å²) in [4.78, 5) is 19.5. The Labute approximate surface area is 180 Å². The van der Waals surface area contributed by atoms with E-state index in [0.29, 0.717) is 22.9 Å². The Morgan fingerprint density at radius 1 is 1.10 bits per heavy atom. The maximum absolute atomic E-state index is 5.81. The highest BCUT2D eigenvalue weighted by atomic mass is 32.2. The van der Waals surface area contributed by atoms with Crippen molar-refractivity contribution < 1.29 is 0 Å². The van der Waals surface area contributed by atoms with Gasteiger partial charge in [0.05, 0.1) is 0 Å². The lowest BCUT2D eigenvalue weighted by molar-refractivity contribution is 0.311. The topological polar surface area (TPSA) is 112 Å². The first-order valence-corrected chi connectivity index (χ1v) is 10.9. The van der Waals surface area contributed by atoms with Crippen LogP contribution in [0, 0.1) is 0 Å². The average Bonchev–Trinajstić information content (AvgIpc) is 3.17. The standard InChI is InChI=1S/C20H27N9S/c1-3-4-15-13-17(27-26-15)22-18-23-19(29-11-9-28(2)10-12-29)25-20(24-18)30-16-7-5-14(21)6-8-16/h5-8,13H,3-4,9-12,21H2,1-2H3,(H2,22,23,24,25,26,27). The summed E-state index contributed by atoms with van der Waals surface area (Å²) in [5.74, 6) is 1.88. The maximum Gasteiger partial charge on any atom is 0.234 e. The van der Waals surface area contributed by atoms with E-state index in [9.17, 15) is 0 Å². The van der Waals surface area contributed by atoms with Crippen LogP contribution in [0.1, 0.15) is 19.0 Å². The molecule has 1 saturated heterocycles. The van der Waals surface area contributed by atoms with Gasteiger partial charge in [-0.15, -0.1) is 0 Å². The lowest BCUT2D eigenvalue weighted by Crippen LogP contribution is -2.45. The van der Waals surface area contributed by atoms with Gasteiger partial charge >= 0.3 is 0 Å². The molecule has 0 radical (unpaired) electrons. The predicted octanol–water partition coefficient (Wildman–Crippen LogP) is 2.78. The molecule has 0 spiro atoms. The molecule has 4 rings (SSSR count). The fraction of sp³-hybridized carbons (Fsp3) is 0.400. The zero-order chi connectivity index (χ0) is 20.9. The molecule has 2 aromatic heterocycles. The Morgan fingerprint density at radius 3 is 2.60 bits per heavy atom. The molecule has 0 atom stereocenters. The van der Waals surface area contributed by atoms with Crippen molar-refractivity contribution in [2.45, 2.75) is 29.8 Å². The molecule has 4 N–H and O–H groups in total. The summed E-state index contributed by atoms with van der Waals surface area (Å²) in [6.07, 6.45) is 2.01. The fourth-order valence-corrected chi connectivity index (χ4v) is 3.92. The number of aryl methyl sites for hydroxylation is 1. The van der Waals surface area contributed by atoms with Crippen molar-refractivity contribution in [1.29, 1.82) is 0 Å². The van der Waals surface area contributed by atoms with Crippen LogP contribution in [0.3, 0.4) is 0 Å². The number of aromatic amines is 1. The number of nitrogens with two attached hydrogens (primary N) is 1. The van der Waals surface area contributed by atoms with Crippen LogP contribution in [0.4, 0.5) is 23.4 Å². The number of likely N-dealkylation sites (N-methyl/N-ethyl adjacent to an activating group) is 1. The van der Waals surface area contributed by atoms with E-state index in [1.54, 1.807) is 0 Å². The zero-order valence-electron chi connectivity index (χ0n) is 17.3. The third-order valence-electron chi connectivity index (χ3n) is 4.87. The quantitative estimate of drug-likeness (QED) is 0.492. The number of anilines is 4. The van der Waals surface area contributed by atoms with Crippen molar-refractivity contribution in [3.63, 3.8) is 0 Å². The van der Waals surface area contributed by atoms with E-state index in [2.05, 4.69) is 49.3 Å². The van der Waals surface area contributed by atoms with E-state index in [1.165, 1.54) is 11.8 Å². The number of rotatable bonds is 7. The number of H-pyrrole nitrogens is 1. The number of nitrogens with zero attached hydrogens (tertiary/aromatic N) is 6. The van der Waals surface area contributed by atoms with Crippen LogP contribution in [0.15, 0.2) is 40.4 Å². The molecule has 3 aromatic rings. The second-order valence-electron chi connectivity index (χ2n) is 7.36. The highest BCUT2D eigenvalue weighted by molar-refractivity contribution is 7.99. The van der Waals surface area contributed by atoms with Gasteiger partial charge in [-0.3, -0.25) is 5.10 Å². The van der Waals surface area contributed by atoms with Crippen LogP contribution in [0.2, 0.25) is 0 Å². The van der Waals surface area contributed by atoms with Crippen LogP contribution in [-0.4, -0.2) is 63.3 Å². The molecule has 3 heterocycles. The summed E-state index contributed by atoms with van der Waals surface area (Å²) < 4.78 is 0. The molecule has 9 nitrogen and oxygen atoms in total. The van der Waals surface area contributed by atoms with Crippen molar-refractivity contribution >= 4 is 35.2 Å². The van der Waals surface area contributed by atoms with Gasteiger partial charge in [-0.05, 0) is 49.5 Å². The molecule has 1 aromatic carbocycles. The summed E-state index contributed by atoms with van der Waals surface area (Å²) in [6.45, 7) is 5.87. The predicted molar refractivity (Wildman–Crippen MR) is 120 cm³/mol. The molecular formula is C20H27N9S. The van der Waals surface area contributed by atoms with Crippen molar-refractivity contribution in [2.75, 3.05) is 49.2 Å². The van der Waals surface area contributed by atoms with Gasteiger partial charge in [-0.2, -0.15) is 20.1 Å². The average molecular weight is 426 g/mol. The summed E-state index contributed by atoms with van der Waals surface area (Å²) in [5.41, 5.74) is 7.63. The largest absolute Gasteiger partial charge is 0.399 e. The van der Waals surface area contributed by atoms with E-state index >= 15 is 0 Å². The fourth-order valence-electron chi connectivity index (χ4n) is 3.17. The molecule has 10 heteroatoms. The van der Waals surface area contributed by atoms with Gasteiger partial charge in [0.1, 0.15) is 0 Å². The Bertz CT molecular complexity index is 965. The Hall–Kier alpha value is -2.85. The summed E-state index contributed by atoms with van der Waals surface area (Å²) in [6, 6.07) is 9.69. The van der Waals surface area contributed by atoms with Gasteiger partial charge in [0.15, 0.2) is 11.0 Å². The van der Waals surface area contributed by atoms with Gasteiger partial charge in [0, 0.05) is 48.5 Å². The van der Waals surface area contributed by atoms with Gasteiger partial charge < -0.3 is 20.9 Å². The first-order valence-electron chi connectivity index (χ1n) is 10.1. The molecule has 158 valence electrons. The minimum atomic E-state index is 0.492. The van der Waals surface area contributed by atoms with Crippen LogP contribution >= 0.6 is 11.8 Å². The number of piperazine rings is 1. The third kappa shape index (κ3) is 5.19. The molecule has 0 amide bonds. The molecular weight excluding hydrogens is 398 g/mol. The van der Waals surface area contributed by atoms with E-state index in [4.69, 9.17) is 10.7 Å². The molecule has 0 unspecified atom stereocenters. The van der Waals surface area contributed by atoms with Gasteiger partial charge in [-0.1, -0.05) is 13.3 Å². The second kappa shape index (κ2) is 9.31. The monoisotopic (exact) mass is 425 g/mol. The van der Waals surface area contributed by atoms with Crippen LogP contribution in [0.25, 0.3) is 0 Å². The molecule has 0 bridgehead atoms. The lowest BCUT2D eigenvalue weighted by atomic mass is 10.2. The van der Waals surface area contributed by atoms with E-state index < -0.39 is 0 Å². The molecule has 1 aliphatic heterocycles. The third-order valence-corrected chi connectivity index (χ3v) is 5.74. The number of hydrogen-bond donors (Lipinski definition) is 3. The second-order valence-corrected chi connectivity index (χ2v) is 8.40. The number of nitrogens with one attached hydrogen (secondary N) is 2. The minimum absolute atomic E-state index is 0.492. The lowest BCUT2D eigenvalue weighted by Gasteiger charge is -2.32. The Morgan fingerprint density at radius 2 is 1.87 bits per heavy atom. The SMILES string of the molecule is CCCc1cc(Nc2nc(Sc3ccc(N)cc3)nc(N3CCN(C)CC3)n2)n[nH]1. The Balaban J connectivity index is 1.59. The van der Waals surface area contributed by atoms with Gasteiger partial charge in [0.2, 0.25) is 11.9 Å². The summed E-state index contributed by atoms with van der Waals surface area (Å²) in [7, 11) is 2.13. The Kier molecular flexibility index (Phi) is 6.34. The van der Waals surface area contributed by atoms with Gasteiger partial charge in [0.25, 0.3) is 0 Å². The normalized spacial score (nSPS) is 14.8. The van der Waals surface area contributed by atoms with Gasteiger partial charge in [-0.25, -0.2) is 0 Å². The molecule has 30 heavy (non-hydrogen) atoms. The minimum Gasteiger partial charge on any atom is -0.399 e. The van der Waals surface area contributed by atoms with Crippen molar-refractivity contribution in [3.8, 4) is 0 Å². The van der Waals surface area contributed by atoms with Crippen LogP contribution in [0.5, 0.6) is 0 Å². The highest BCUT2D eigenvalue weighted by Gasteiger charge is 2.19. The summed E-state index contributed by atoms with van der Waals surface area (Å²) >= 11 is 1.49. The summed E-state index contributed by atoms with van der Waals surface area (Å²) in [5, 5.41) is 11.2. The van der Waals surface area contributed by atoms with E-state index in [1.807, 2.05) is 30.3 Å². The van der Waals surface area contributed by atoms with E-state index in [0.717, 1.165) is 55.3 Å². The number of nitrogen functional groups attached to an aromatic ring is 1. The molecule has 1 aliphatic rings. The first-order chi connectivity index (χ1) is 14.6. The molecule has 0 aliphatic carbocycles. The zero-order valence-corrected chi connectivity index (χ0v) is 18.1.